The van der Waals surface area contributed by atoms with Crippen LogP contribution in [-0.4, -0.2) is 22.9 Å². The van der Waals surface area contributed by atoms with Gasteiger partial charge in [-0.25, -0.2) is 4.79 Å². The van der Waals surface area contributed by atoms with E-state index in [2.05, 4.69) is 10.6 Å². The van der Waals surface area contributed by atoms with Crippen molar-refractivity contribution in [3.63, 3.8) is 0 Å². The number of fused-ring (bicyclic) bond motifs is 1. The van der Waals surface area contributed by atoms with Crippen LogP contribution >= 0.6 is 0 Å². The number of carboxylic acid groups (broad SMARTS) is 1. The van der Waals surface area contributed by atoms with Crippen molar-refractivity contribution in [2.24, 2.45) is 0 Å². The first-order chi connectivity index (χ1) is 11.4. The highest BCUT2D eigenvalue weighted by Gasteiger charge is 2.54. The normalized spacial score (nSPS) is 18.6. The summed E-state index contributed by atoms with van der Waals surface area (Å²) in [5, 5.41) is 14.6. The van der Waals surface area contributed by atoms with Gasteiger partial charge in [-0.2, -0.15) is 0 Å². The van der Waals surface area contributed by atoms with Crippen LogP contribution < -0.4 is 10.6 Å². The lowest BCUT2D eigenvalue weighted by molar-refractivity contribution is -0.152. The predicted octanol–water partition coefficient (Wildman–Crippen LogP) is 1.59. The summed E-state index contributed by atoms with van der Waals surface area (Å²) in [7, 11) is 0. The lowest BCUT2D eigenvalue weighted by atomic mass is 9.91. The van der Waals surface area contributed by atoms with E-state index in [0.717, 1.165) is 11.1 Å². The number of para-hydroxylation sites is 1. The van der Waals surface area contributed by atoms with Gasteiger partial charge < -0.3 is 15.7 Å². The summed E-state index contributed by atoms with van der Waals surface area (Å²) >= 11 is 0. The third kappa shape index (κ3) is 2.52. The summed E-state index contributed by atoms with van der Waals surface area (Å²) in [5.41, 5.74) is 0.328. The standard InChI is InChI=1S/C18H16N2O4/c1-11-6-8-12(9-7-11)10-15(21)20-18(17(23)24)13-4-2-3-5-14(13)19-16(18)22/h2-9H,10H2,1H3,(H,19,22)(H,20,21)(H,23,24)/t18-/m0/s1. The van der Waals surface area contributed by atoms with E-state index in [0.29, 0.717) is 5.69 Å². The van der Waals surface area contributed by atoms with Gasteiger partial charge in [0, 0.05) is 11.3 Å². The molecule has 0 unspecified atom stereocenters. The Bertz CT molecular complexity index is 829. The van der Waals surface area contributed by atoms with Gasteiger partial charge in [0.25, 0.3) is 5.91 Å². The van der Waals surface area contributed by atoms with E-state index < -0.39 is 23.3 Å². The van der Waals surface area contributed by atoms with Crippen LogP contribution in [0.2, 0.25) is 0 Å². The molecule has 0 bridgehead atoms. The summed E-state index contributed by atoms with van der Waals surface area (Å²) in [6, 6.07) is 13.8. The molecule has 24 heavy (non-hydrogen) atoms. The van der Waals surface area contributed by atoms with Crippen LogP contribution in [0.25, 0.3) is 0 Å². The van der Waals surface area contributed by atoms with Gasteiger partial charge in [-0.15, -0.1) is 0 Å². The fourth-order valence-corrected chi connectivity index (χ4v) is 2.79. The SMILES string of the molecule is Cc1ccc(CC(=O)N[C@]2(C(=O)O)C(=O)Nc3ccccc32)cc1. The number of carboxylic acids is 1. The zero-order chi connectivity index (χ0) is 17.3. The van der Waals surface area contributed by atoms with E-state index in [1.165, 1.54) is 6.07 Å². The van der Waals surface area contributed by atoms with Crippen molar-refractivity contribution in [1.29, 1.82) is 0 Å². The molecule has 6 heteroatoms. The zero-order valence-corrected chi connectivity index (χ0v) is 13.0. The molecule has 0 aliphatic carbocycles. The maximum atomic E-state index is 12.4. The van der Waals surface area contributed by atoms with Crippen LogP contribution in [-0.2, 0) is 26.3 Å². The van der Waals surface area contributed by atoms with E-state index in [9.17, 15) is 19.5 Å². The number of carbonyl (C=O) groups is 3. The van der Waals surface area contributed by atoms with Crippen molar-refractivity contribution in [2.45, 2.75) is 18.9 Å². The fraction of sp³-hybridized carbons (Fsp3) is 0.167. The molecule has 6 nitrogen and oxygen atoms in total. The molecule has 1 atom stereocenters. The molecule has 0 saturated carbocycles. The number of aryl methyl sites for hydroxylation is 1. The van der Waals surface area contributed by atoms with E-state index >= 15 is 0 Å². The molecule has 3 rings (SSSR count). The van der Waals surface area contributed by atoms with Gasteiger partial charge in [0.05, 0.1) is 6.42 Å². The Morgan fingerprint density at radius 3 is 2.46 bits per heavy atom. The van der Waals surface area contributed by atoms with Crippen molar-refractivity contribution >= 4 is 23.5 Å². The molecule has 0 radical (unpaired) electrons. The Labute approximate surface area is 138 Å². The molecule has 0 saturated heterocycles. The summed E-state index contributed by atoms with van der Waals surface area (Å²) in [6.45, 7) is 1.93. The van der Waals surface area contributed by atoms with Gasteiger partial charge in [0.15, 0.2) is 0 Å². The first-order valence-corrected chi connectivity index (χ1v) is 7.44. The van der Waals surface area contributed by atoms with Crippen LogP contribution in [0.3, 0.4) is 0 Å². The van der Waals surface area contributed by atoms with Gasteiger partial charge in [0.2, 0.25) is 11.4 Å². The number of amides is 2. The molecule has 2 aromatic rings. The van der Waals surface area contributed by atoms with E-state index in [-0.39, 0.29) is 12.0 Å². The maximum Gasteiger partial charge on any atom is 0.344 e. The average Bonchev–Trinajstić information content (AvgIpc) is 2.83. The Balaban J connectivity index is 1.90. The monoisotopic (exact) mass is 324 g/mol. The third-order valence-corrected chi connectivity index (χ3v) is 4.05. The van der Waals surface area contributed by atoms with Crippen molar-refractivity contribution in [3.8, 4) is 0 Å². The third-order valence-electron chi connectivity index (χ3n) is 4.05. The largest absolute Gasteiger partial charge is 0.479 e. The number of aliphatic carboxylic acids is 1. The van der Waals surface area contributed by atoms with Crippen LogP contribution in [0.5, 0.6) is 0 Å². The van der Waals surface area contributed by atoms with Crippen molar-refractivity contribution in [3.05, 3.63) is 65.2 Å². The highest BCUT2D eigenvalue weighted by atomic mass is 16.4. The number of rotatable bonds is 4. The molecule has 0 spiro atoms. The van der Waals surface area contributed by atoms with E-state index in [1.807, 2.05) is 19.1 Å². The quantitative estimate of drug-likeness (QED) is 0.744. The smallest absolute Gasteiger partial charge is 0.344 e. The van der Waals surface area contributed by atoms with Crippen molar-refractivity contribution in [1.82, 2.24) is 5.32 Å². The van der Waals surface area contributed by atoms with E-state index in [1.54, 1.807) is 30.3 Å². The minimum atomic E-state index is -2.10. The topological polar surface area (TPSA) is 95.5 Å². The minimum Gasteiger partial charge on any atom is -0.479 e. The molecule has 1 aliphatic rings. The summed E-state index contributed by atoms with van der Waals surface area (Å²) in [5.74, 6) is -2.72. The fourth-order valence-electron chi connectivity index (χ4n) is 2.79. The first kappa shape index (κ1) is 15.7. The molecule has 122 valence electrons. The van der Waals surface area contributed by atoms with Gasteiger partial charge >= 0.3 is 5.97 Å². The van der Waals surface area contributed by atoms with Crippen molar-refractivity contribution < 1.29 is 19.5 Å². The highest BCUT2D eigenvalue weighted by molar-refractivity contribution is 6.20. The van der Waals surface area contributed by atoms with Crippen LogP contribution in [0.1, 0.15) is 16.7 Å². The lowest BCUT2D eigenvalue weighted by Gasteiger charge is -2.24. The first-order valence-electron chi connectivity index (χ1n) is 7.44. The Morgan fingerprint density at radius 1 is 1.12 bits per heavy atom. The lowest BCUT2D eigenvalue weighted by Crippen LogP contribution is -2.56. The predicted molar refractivity (Wildman–Crippen MR) is 87.4 cm³/mol. The molecule has 3 N–H and O–H groups in total. The molecule has 0 fully saturated rings. The number of anilines is 1. The van der Waals surface area contributed by atoms with Gasteiger partial charge in [-0.3, -0.25) is 9.59 Å². The Kier molecular flexibility index (Phi) is 3.81. The second-order valence-corrected chi connectivity index (χ2v) is 5.77. The molecule has 2 amide bonds. The van der Waals surface area contributed by atoms with Crippen LogP contribution in [0.15, 0.2) is 48.5 Å². The van der Waals surface area contributed by atoms with Crippen molar-refractivity contribution in [2.75, 3.05) is 5.32 Å². The van der Waals surface area contributed by atoms with Gasteiger partial charge in [-0.05, 0) is 18.6 Å². The van der Waals surface area contributed by atoms with Crippen LogP contribution in [0, 0.1) is 6.92 Å². The zero-order valence-electron chi connectivity index (χ0n) is 13.0. The second kappa shape index (κ2) is 5.81. The van der Waals surface area contributed by atoms with Crippen LogP contribution in [0.4, 0.5) is 5.69 Å². The second-order valence-electron chi connectivity index (χ2n) is 5.77. The Hall–Kier alpha value is -3.15. The molecule has 1 aliphatic heterocycles. The summed E-state index contributed by atoms with van der Waals surface area (Å²) in [6.07, 6.45) is -0.00917. The molecule has 1 heterocycles. The maximum absolute atomic E-state index is 12.4. The Morgan fingerprint density at radius 2 is 1.79 bits per heavy atom. The minimum absolute atomic E-state index is 0.00917. The highest BCUT2D eigenvalue weighted by Crippen LogP contribution is 2.36. The molecular formula is C18H16N2O4. The molecular weight excluding hydrogens is 308 g/mol. The molecule has 0 aromatic heterocycles. The average molecular weight is 324 g/mol. The number of hydrogen-bond donors (Lipinski definition) is 3. The number of carbonyl (C=O) groups excluding carboxylic acids is 2. The summed E-state index contributed by atoms with van der Waals surface area (Å²) in [4.78, 5) is 36.5. The van der Waals surface area contributed by atoms with Gasteiger partial charge in [0.1, 0.15) is 0 Å². The summed E-state index contributed by atoms with van der Waals surface area (Å²) < 4.78 is 0. The number of nitrogens with one attached hydrogen (secondary N) is 2. The number of benzene rings is 2. The number of hydrogen-bond acceptors (Lipinski definition) is 3. The molecule has 2 aromatic carbocycles. The van der Waals surface area contributed by atoms with Gasteiger partial charge in [-0.1, -0.05) is 48.0 Å². The van der Waals surface area contributed by atoms with E-state index in [4.69, 9.17) is 0 Å².